The molecule has 0 saturated heterocycles. The third-order valence-corrected chi connectivity index (χ3v) is 5.80. The van der Waals surface area contributed by atoms with E-state index >= 15 is 0 Å². The van der Waals surface area contributed by atoms with Gasteiger partial charge in [0.25, 0.3) is 0 Å². The third kappa shape index (κ3) is 4.49. The van der Waals surface area contributed by atoms with Gasteiger partial charge in [-0.1, -0.05) is 18.2 Å². The van der Waals surface area contributed by atoms with E-state index in [0.29, 0.717) is 22.9 Å². The Hall–Kier alpha value is -3.89. The maximum absolute atomic E-state index is 13.2. The lowest BCUT2D eigenvalue weighted by molar-refractivity contribution is 0.111. The summed E-state index contributed by atoms with van der Waals surface area (Å²) < 4.78 is 13.2. The largest absolute Gasteiger partial charge is 0.312 e. The van der Waals surface area contributed by atoms with E-state index in [-0.39, 0.29) is 5.82 Å². The minimum absolute atomic E-state index is 0.278. The number of benzene rings is 2. The summed E-state index contributed by atoms with van der Waals surface area (Å²) in [5.41, 5.74) is 4.40. The predicted molar refractivity (Wildman–Crippen MR) is 119 cm³/mol. The zero-order chi connectivity index (χ0) is 21.8. The first-order chi connectivity index (χ1) is 15.1. The van der Waals surface area contributed by atoms with Crippen LogP contribution in [0.15, 0.2) is 66.9 Å². The highest BCUT2D eigenvalue weighted by Crippen LogP contribution is 2.32. The summed E-state index contributed by atoms with van der Waals surface area (Å²) in [7, 11) is 0. The number of nitrogens with zero attached hydrogens (tertiary/aromatic N) is 4. The number of aryl methyl sites for hydroxylation is 1. The summed E-state index contributed by atoms with van der Waals surface area (Å²) in [5, 5.41) is 9.76. The van der Waals surface area contributed by atoms with Gasteiger partial charge >= 0.3 is 0 Å². The summed E-state index contributed by atoms with van der Waals surface area (Å²) in [6.45, 7) is 2.29. The molecule has 2 aromatic heterocycles. The molecule has 2 aromatic carbocycles. The Morgan fingerprint density at radius 2 is 1.77 bits per heavy atom. The molecule has 0 saturated carbocycles. The van der Waals surface area contributed by atoms with Gasteiger partial charge in [-0.05, 0) is 55.0 Å². The molecule has 0 aliphatic rings. The topological polar surface area (TPSA) is 69.9 Å². The van der Waals surface area contributed by atoms with Crippen molar-refractivity contribution in [1.29, 1.82) is 5.26 Å². The lowest BCUT2D eigenvalue weighted by Crippen LogP contribution is -2.17. The lowest BCUT2D eigenvalue weighted by atomic mass is 10.1. The van der Waals surface area contributed by atoms with E-state index in [1.54, 1.807) is 30.5 Å². The summed E-state index contributed by atoms with van der Waals surface area (Å²) in [6.07, 6.45) is 2.51. The maximum atomic E-state index is 13.2. The zero-order valence-electron chi connectivity index (χ0n) is 16.6. The molecular weight excluding hydrogens is 411 g/mol. The van der Waals surface area contributed by atoms with Gasteiger partial charge in [0.2, 0.25) is 0 Å². The van der Waals surface area contributed by atoms with Crippen LogP contribution in [0.25, 0.3) is 11.1 Å². The Labute approximate surface area is 183 Å². The Morgan fingerprint density at radius 1 is 1.06 bits per heavy atom. The molecule has 0 spiro atoms. The molecule has 31 heavy (non-hydrogen) atoms. The van der Waals surface area contributed by atoms with Crippen LogP contribution >= 0.6 is 11.3 Å². The number of pyridine rings is 1. The van der Waals surface area contributed by atoms with E-state index < -0.39 is 0 Å². The number of carbonyl (C=O) groups is 1. The van der Waals surface area contributed by atoms with Gasteiger partial charge in [-0.25, -0.2) is 9.37 Å². The van der Waals surface area contributed by atoms with E-state index in [1.165, 1.54) is 23.5 Å². The molecule has 2 heterocycles. The van der Waals surface area contributed by atoms with Gasteiger partial charge in [0, 0.05) is 22.3 Å². The molecule has 7 heteroatoms. The van der Waals surface area contributed by atoms with Gasteiger partial charge in [-0.2, -0.15) is 5.26 Å². The smallest absolute Gasteiger partial charge is 0.191 e. The number of nitriles is 1. The second-order valence-corrected chi connectivity index (χ2v) is 8.03. The first-order valence-corrected chi connectivity index (χ1v) is 10.3. The molecule has 0 unspecified atom stereocenters. The van der Waals surface area contributed by atoms with E-state index in [2.05, 4.69) is 16.0 Å². The quantitative estimate of drug-likeness (QED) is 0.370. The summed E-state index contributed by atoms with van der Waals surface area (Å²) in [5.74, 6) is -0.278. The Bertz CT molecular complexity index is 1240. The van der Waals surface area contributed by atoms with E-state index in [9.17, 15) is 9.18 Å². The molecule has 0 radical (unpaired) electrons. The van der Waals surface area contributed by atoms with Crippen LogP contribution in [0.2, 0.25) is 0 Å². The zero-order valence-corrected chi connectivity index (χ0v) is 17.4. The average Bonchev–Trinajstić information content (AvgIpc) is 3.19. The molecule has 0 bridgehead atoms. The van der Waals surface area contributed by atoms with Crippen LogP contribution in [0.1, 0.15) is 26.6 Å². The molecule has 0 amide bonds. The van der Waals surface area contributed by atoms with Gasteiger partial charge in [-0.3, -0.25) is 9.78 Å². The predicted octanol–water partition coefficient (Wildman–Crippen LogP) is 5.68. The number of aromatic nitrogens is 2. The lowest BCUT2D eigenvalue weighted by Gasteiger charge is -2.22. The number of thiazole rings is 1. The molecule has 0 N–H and O–H groups in total. The number of hydrogen-bond acceptors (Lipinski definition) is 6. The van der Waals surface area contributed by atoms with Gasteiger partial charge in [0.05, 0.1) is 23.9 Å². The minimum Gasteiger partial charge on any atom is -0.312 e. The van der Waals surface area contributed by atoms with E-state index in [0.717, 1.165) is 33.7 Å². The SMILES string of the molecule is Cc1sc(N(Cc2ccc(-c3ccc(F)cc3)cn2)c2ccc(C#N)cc2)nc1C=O. The first kappa shape index (κ1) is 20.4. The van der Waals surface area contributed by atoms with Crippen LogP contribution in [0.3, 0.4) is 0 Å². The Kier molecular flexibility index (Phi) is 5.83. The molecule has 5 nitrogen and oxygen atoms in total. The van der Waals surface area contributed by atoms with Gasteiger partial charge in [0.1, 0.15) is 11.5 Å². The van der Waals surface area contributed by atoms with Crippen molar-refractivity contribution in [2.24, 2.45) is 0 Å². The van der Waals surface area contributed by atoms with Crippen molar-refractivity contribution in [3.63, 3.8) is 0 Å². The van der Waals surface area contributed by atoms with Crippen LogP contribution in [-0.2, 0) is 6.54 Å². The normalized spacial score (nSPS) is 10.5. The maximum Gasteiger partial charge on any atom is 0.191 e. The van der Waals surface area contributed by atoms with Crippen molar-refractivity contribution in [3.8, 4) is 17.2 Å². The number of anilines is 2. The van der Waals surface area contributed by atoms with Gasteiger partial charge in [-0.15, -0.1) is 11.3 Å². The molecular formula is C24H17FN4OS. The molecule has 0 atom stereocenters. The highest BCUT2D eigenvalue weighted by Gasteiger charge is 2.17. The van der Waals surface area contributed by atoms with E-state index in [1.807, 2.05) is 36.1 Å². The molecule has 4 rings (SSSR count). The van der Waals surface area contributed by atoms with Crippen molar-refractivity contribution in [2.45, 2.75) is 13.5 Å². The highest BCUT2D eigenvalue weighted by atomic mass is 32.1. The molecule has 152 valence electrons. The van der Waals surface area contributed by atoms with Crippen LogP contribution in [-0.4, -0.2) is 16.3 Å². The molecule has 0 fully saturated rings. The Balaban J connectivity index is 1.65. The van der Waals surface area contributed by atoms with Crippen LogP contribution in [0.5, 0.6) is 0 Å². The Morgan fingerprint density at radius 3 is 2.35 bits per heavy atom. The van der Waals surface area contributed by atoms with Crippen LogP contribution < -0.4 is 4.90 Å². The first-order valence-electron chi connectivity index (χ1n) is 9.48. The molecule has 4 aromatic rings. The average molecular weight is 428 g/mol. The van der Waals surface area contributed by atoms with E-state index in [4.69, 9.17) is 5.26 Å². The van der Waals surface area contributed by atoms with Crippen molar-refractivity contribution < 1.29 is 9.18 Å². The van der Waals surface area contributed by atoms with Crippen molar-refractivity contribution >= 4 is 28.4 Å². The van der Waals surface area contributed by atoms with Crippen molar-refractivity contribution in [3.05, 3.63) is 94.5 Å². The molecule has 0 aliphatic heterocycles. The number of hydrogen-bond donors (Lipinski definition) is 0. The number of carbonyl (C=O) groups excluding carboxylic acids is 1. The third-order valence-electron chi connectivity index (χ3n) is 4.79. The van der Waals surface area contributed by atoms with Crippen LogP contribution in [0.4, 0.5) is 15.2 Å². The number of halogens is 1. The second kappa shape index (κ2) is 8.86. The summed E-state index contributed by atoms with van der Waals surface area (Å²) >= 11 is 1.43. The standard InChI is InChI=1S/C24H17FN4OS/c1-16-23(15-30)28-24(31-16)29(22-10-2-17(12-26)3-11-22)14-21-9-6-19(13-27-21)18-4-7-20(25)8-5-18/h2-11,13,15H,14H2,1H3. The van der Waals surface area contributed by atoms with Crippen molar-refractivity contribution in [2.75, 3.05) is 4.90 Å². The monoisotopic (exact) mass is 428 g/mol. The fourth-order valence-corrected chi connectivity index (χ4v) is 3.99. The fraction of sp³-hybridized carbons (Fsp3) is 0.0833. The minimum atomic E-state index is -0.278. The van der Waals surface area contributed by atoms with Crippen molar-refractivity contribution in [1.82, 2.24) is 9.97 Å². The number of aldehydes is 1. The van der Waals surface area contributed by atoms with Crippen LogP contribution in [0, 0.1) is 24.1 Å². The van der Waals surface area contributed by atoms with Gasteiger partial charge < -0.3 is 4.90 Å². The summed E-state index contributed by atoms with van der Waals surface area (Å²) in [6, 6.07) is 19.4. The second-order valence-electron chi connectivity index (χ2n) is 6.85. The highest BCUT2D eigenvalue weighted by molar-refractivity contribution is 7.15. The number of rotatable bonds is 6. The van der Waals surface area contributed by atoms with Gasteiger partial charge in [0.15, 0.2) is 11.4 Å². The molecule has 0 aliphatic carbocycles. The fourth-order valence-electron chi connectivity index (χ4n) is 3.10. The summed E-state index contributed by atoms with van der Waals surface area (Å²) in [4.78, 5) is 23.1.